The summed E-state index contributed by atoms with van der Waals surface area (Å²) in [6.07, 6.45) is 4.45. The molecule has 0 unspecified atom stereocenters. The van der Waals surface area contributed by atoms with Gasteiger partial charge in [0, 0.05) is 24.8 Å². The first kappa shape index (κ1) is 12.8. The molecular formula is C11H15ClN6. The Morgan fingerprint density at radius 2 is 2.17 bits per heavy atom. The Bertz CT molecular complexity index is 511. The van der Waals surface area contributed by atoms with Crippen LogP contribution in [0.4, 0.5) is 5.82 Å². The molecule has 0 saturated heterocycles. The Labute approximate surface area is 110 Å². The van der Waals surface area contributed by atoms with E-state index in [-0.39, 0.29) is 0 Å². The van der Waals surface area contributed by atoms with Gasteiger partial charge < -0.3 is 5.32 Å². The predicted octanol–water partition coefficient (Wildman–Crippen LogP) is 1.84. The molecule has 0 spiro atoms. The molecule has 0 bridgehead atoms. The SMILES string of the molecule is Cc1nc(Cl)c(C)c(NCCCn2ccnn2)n1. The molecule has 0 saturated carbocycles. The molecule has 0 atom stereocenters. The van der Waals surface area contributed by atoms with Gasteiger partial charge in [0.15, 0.2) is 0 Å². The van der Waals surface area contributed by atoms with Crippen LogP contribution in [0.1, 0.15) is 17.8 Å². The zero-order chi connectivity index (χ0) is 13.0. The second-order valence-corrected chi connectivity index (χ2v) is 4.34. The molecule has 0 fully saturated rings. The summed E-state index contributed by atoms with van der Waals surface area (Å²) in [5, 5.41) is 11.4. The molecule has 0 amide bonds. The monoisotopic (exact) mass is 266 g/mol. The van der Waals surface area contributed by atoms with Gasteiger partial charge in [-0.25, -0.2) is 9.97 Å². The van der Waals surface area contributed by atoms with Crippen molar-refractivity contribution in [2.24, 2.45) is 0 Å². The van der Waals surface area contributed by atoms with Crippen molar-refractivity contribution in [1.29, 1.82) is 0 Å². The molecule has 0 aromatic carbocycles. The summed E-state index contributed by atoms with van der Waals surface area (Å²) in [5.74, 6) is 1.47. The number of hydrogen-bond acceptors (Lipinski definition) is 5. The van der Waals surface area contributed by atoms with Gasteiger partial charge in [0.25, 0.3) is 0 Å². The fourth-order valence-corrected chi connectivity index (χ4v) is 1.78. The van der Waals surface area contributed by atoms with Crippen LogP contribution in [0.3, 0.4) is 0 Å². The number of anilines is 1. The minimum Gasteiger partial charge on any atom is -0.370 e. The topological polar surface area (TPSA) is 68.5 Å². The fourth-order valence-electron chi connectivity index (χ4n) is 1.57. The third kappa shape index (κ3) is 3.16. The highest BCUT2D eigenvalue weighted by molar-refractivity contribution is 6.30. The number of nitrogens with one attached hydrogen (secondary N) is 1. The second-order valence-electron chi connectivity index (χ2n) is 3.98. The number of nitrogens with zero attached hydrogens (tertiary/aromatic N) is 5. The van der Waals surface area contributed by atoms with Crippen molar-refractivity contribution in [3.05, 3.63) is 28.9 Å². The van der Waals surface area contributed by atoms with E-state index < -0.39 is 0 Å². The normalized spacial score (nSPS) is 10.6. The van der Waals surface area contributed by atoms with Gasteiger partial charge in [-0.2, -0.15) is 0 Å². The number of rotatable bonds is 5. The summed E-state index contributed by atoms with van der Waals surface area (Å²) >= 11 is 6.00. The van der Waals surface area contributed by atoms with Crippen LogP contribution in [0.25, 0.3) is 0 Å². The van der Waals surface area contributed by atoms with E-state index in [1.807, 2.05) is 20.0 Å². The Balaban J connectivity index is 1.86. The van der Waals surface area contributed by atoms with Gasteiger partial charge in [-0.15, -0.1) is 5.10 Å². The number of hydrogen-bond donors (Lipinski definition) is 1. The Morgan fingerprint density at radius 1 is 1.33 bits per heavy atom. The van der Waals surface area contributed by atoms with E-state index in [2.05, 4.69) is 25.6 Å². The molecule has 0 aliphatic carbocycles. The van der Waals surface area contributed by atoms with Gasteiger partial charge in [0.2, 0.25) is 0 Å². The van der Waals surface area contributed by atoms with Crippen LogP contribution in [0, 0.1) is 13.8 Å². The minimum atomic E-state index is 0.501. The lowest BCUT2D eigenvalue weighted by Crippen LogP contribution is -2.10. The van der Waals surface area contributed by atoms with E-state index >= 15 is 0 Å². The lowest BCUT2D eigenvalue weighted by atomic mass is 10.3. The lowest BCUT2D eigenvalue weighted by molar-refractivity contribution is 0.569. The van der Waals surface area contributed by atoms with Crippen LogP contribution in [0.15, 0.2) is 12.4 Å². The summed E-state index contributed by atoms with van der Waals surface area (Å²) in [7, 11) is 0. The zero-order valence-electron chi connectivity index (χ0n) is 10.4. The standard InChI is InChI=1S/C11H15ClN6/c1-8-10(12)15-9(2)16-11(8)13-4-3-6-18-7-5-14-17-18/h5,7H,3-4,6H2,1-2H3,(H,13,15,16). The summed E-state index contributed by atoms with van der Waals surface area (Å²) in [5.41, 5.74) is 0.878. The third-order valence-electron chi connectivity index (χ3n) is 2.53. The highest BCUT2D eigenvalue weighted by Crippen LogP contribution is 2.19. The highest BCUT2D eigenvalue weighted by atomic mass is 35.5. The lowest BCUT2D eigenvalue weighted by Gasteiger charge is -2.10. The molecule has 2 heterocycles. The van der Waals surface area contributed by atoms with Crippen LogP contribution in [0.5, 0.6) is 0 Å². The maximum absolute atomic E-state index is 6.00. The molecule has 2 aromatic heterocycles. The first-order chi connectivity index (χ1) is 8.66. The van der Waals surface area contributed by atoms with Crippen molar-refractivity contribution in [3.8, 4) is 0 Å². The van der Waals surface area contributed by atoms with E-state index in [1.54, 1.807) is 10.9 Å². The Kier molecular flexibility index (Phi) is 4.09. The number of halogens is 1. The van der Waals surface area contributed by atoms with Crippen LogP contribution < -0.4 is 5.32 Å². The average Bonchev–Trinajstić information content (AvgIpc) is 2.83. The van der Waals surface area contributed by atoms with Gasteiger partial charge in [0.1, 0.15) is 16.8 Å². The average molecular weight is 267 g/mol. The molecule has 7 heteroatoms. The second kappa shape index (κ2) is 5.77. The predicted molar refractivity (Wildman–Crippen MR) is 69.6 cm³/mol. The quantitative estimate of drug-likeness (QED) is 0.661. The molecule has 0 aliphatic rings. The highest BCUT2D eigenvalue weighted by Gasteiger charge is 2.06. The van der Waals surface area contributed by atoms with Crippen molar-refractivity contribution in [2.75, 3.05) is 11.9 Å². The van der Waals surface area contributed by atoms with E-state index in [9.17, 15) is 0 Å². The van der Waals surface area contributed by atoms with Crippen LogP contribution in [0.2, 0.25) is 5.15 Å². The minimum absolute atomic E-state index is 0.501. The van der Waals surface area contributed by atoms with E-state index in [4.69, 9.17) is 11.6 Å². The zero-order valence-corrected chi connectivity index (χ0v) is 11.1. The molecule has 2 rings (SSSR count). The Hall–Kier alpha value is -1.69. The van der Waals surface area contributed by atoms with Gasteiger partial charge in [-0.3, -0.25) is 4.68 Å². The Morgan fingerprint density at radius 3 is 2.89 bits per heavy atom. The van der Waals surface area contributed by atoms with Gasteiger partial charge in [-0.05, 0) is 20.3 Å². The number of aryl methyl sites for hydroxylation is 2. The van der Waals surface area contributed by atoms with Crippen molar-refractivity contribution >= 4 is 17.4 Å². The molecule has 6 nitrogen and oxygen atoms in total. The molecule has 96 valence electrons. The third-order valence-corrected chi connectivity index (χ3v) is 2.89. The van der Waals surface area contributed by atoms with Gasteiger partial charge in [0.05, 0.1) is 6.20 Å². The van der Waals surface area contributed by atoms with E-state index in [0.29, 0.717) is 11.0 Å². The molecule has 0 aliphatic heterocycles. The largest absolute Gasteiger partial charge is 0.370 e. The summed E-state index contributed by atoms with van der Waals surface area (Å²) in [6.45, 7) is 5.35. The van der Waals surface area contributed by atoms with Crippen LogP contribution in [-0.4, -0.2) is 31.5 Å². The first-order valence-corrected chi connectivity index (χ1v) is 6.13. The van der Waals surface area contributed by atoms with E-state index in [1.165, 1.54) is 0 Å². The van der Waals surface area contributed by atoms with Gasteiger partial charge in [-0.1, -0.05) is 16.8 Å². The molecule has 2 aromatic rings. The fraction of sp³-hybridized carbons (Fsp3) is 0.455. The van der Waals surface area contributed by atoms with Crippen LogP contribution in [-0.2, 0) is 6.54 Å². The molecular weight excluding hydrogens is 252 g/mol. The maximum Gasteiger partial charge on any atom is 0.137 e. The smallest absolute Gasteiger partial charge is 0.137 e. The summed E-state index contributed by atoms with van der Waals surface area (Å²) in [4.78, 5) is 8.42. The van der Waals surface area contributed by atoms with Crippen LogP contribution >= 0.6 is 11.6 Å². The van der Waals surface area contributed by atoms with Crippen molar-refractivity contribution in [2.45, 2.75) is 26.8 Å². The summed E-state index contributed by atoms with van der Waals surface area (Å²) < 4.78 is 1.80. The number of aromatic nitrogens is 5. The van der Waals surface area contributed by atoms with Crippen molar-refractivity contribution in [3.63, 3.8) is 0 Å². The molecule has 18 heavy (non-hydrogen) atoms. The molecule has 0 radical (unpaired) electrons. The van der Waals surface area contributed by atoms with Gasteiger partial charge >= 0.3 is 0 Å². The van der Waals surface area contributed by atoms with Crippen molar-refractivity contribution in [1.82, 2.24) is 25.0 Å². The molecule has 1 N–H and O–H groups in total. The summed E-state index contributed by atoms with van der Waals surface area (Å²) in [6, 6.07) is 0. The van der Waals surface area contributed by atoms with Crippen molar-refractivity contribution < 1.29 is 0 Å². The van der Waals surface area contributed by atoms with E-state index in [0.717, 1.165) is 30.9 Å². The maximum atomic E-state index is 6.00. The first-order valence-electron chi connectivity index (χ1n) is 5.75.